The van der Waals surface area contributed by atoms with E-state index in [1.165, 1.54) is 10.6 Å². The molecule has 0 aliphatic heterocycles. The van der Waals surface area contributed by atoms with Crippen LogP contribution >= 0.6 is 0 Å². The lowest BCUT2D eigenvalue weighted by atomic mass is 10.2. The zero-order valence-electron chi connectivity index (χ0n) is 8.90. The Morgan fingerprint density at radius 2 is 1.93 bits per heavy atom. The average Bonchev–Trinajstić information content (AvgIpc) is 2.21. The Balaban J connectivity index is 2.89. The Morgan fingerprint density at radius 3 is 2.36 bits per heavy atom. The molecule has 1 unspecified atom stereocenters. The first-order valence-corrected chi connectivity index (χ1v) is 4.88. The molecular formula is C11H16N2O. The lowest BCUT2D eigenvalue weighted by Gasteiger charge is -2.21. The van der Waals surface area contributed by atoms with Crippen LogP contribution in [0.3, 0.4) is 0 Å². The highest BCUT2D eigenvalue weighted by Gasteiger charge is 2.12. The van der Waals surface area contributed by atoms with Gasteiger partial charge in [0.25, 0.3) is 0 Å². The Hall–Kier alpha value is -1.38. The van der Waals surface area contributed by atoms with Gasteiger partial charge in [0, 0.05) is 0 Å². The van der Waals surface area contributed by atoms with Crippen LogP contribution < -0.4 is 5.01 Å². The Bertz CT molecular complexity index is 295. The SMILES string of the molecule is CCC(C)N(N=O)c1ccc(C)cc1. The number of rotatable bonds is 4. The van der Waals surface area contributed by atoms with Gasteiger partial charge in [0.1, 0.15) is 0 Å². The summed E-state index contributed by atoms with van der Waals surface area (Å²) in [5.74, 6) is 0. The highest BCUT2D eigenvalue weighted by molar-refractivity contribution is 5.47. The summed E-state index contributed by atoms with van der Waals surface area (Å²) in [5.41, 5.74) is 2.05. The summed E-state index contributed by atoms with van der Waals surface area (Å²) >= 11 is 0. The van der Waals surface area contributed by atoms with Crippen molar-refractivity contribution in [1.29, 1.82) is 0 Å². The lowest BCUT2D eigenvalue weighted by Crippen LogP contribution is -2.26. The lowest BCUT2D eigenvalue weighted by molar-refractivity contribution is 0.632. The minimum absolute atomic E-state index is 0.148. The van der Waals surface area contributed by atoms with Crippen molar-refractivity contribution in [2.24, 2.45) is 5.29 Å². The maximum absolute atomic E-state index is 10.7. The van der Waals surface area contributed by atoms with Crippen LogP contribution in [0.5, 0.6) is 0 Å². The summed E-state index contributed by atoms with van der Waals surface area (Å²) in [6, 6.07) is 7.95. The number of benzene rings is 1. The molecule has 0 aliphatic carbocycles. The van der Waals surface area contributed by atoms with Crippen molar-refractivity contribution in [2.75, 3.05) is 5.01 Å². The smallest absolute Gasteiger partial charge is 0.0629 e. The fraction of sp³-hybridized carbons (Fsp3) is 0.455. The molecule has 1 aromatic rings. The number of nitroso groups, excluding NO2 is 1. The molecule has 3 nitrogen and oxygen atoms in total. The molecule has 0 heterocycles. The molecule has 0 amide bonds. The van der Waals surface area contributed by atoms with Gasteiger partial charge in [-0.15, -0.1) is 4.91 Å². The fourth-order valence-corrected chi connectivity index (χ4v) is 1.25. The van der Waals surface area contributed by atoms with Crippen LogP contribution in [0.4, 0.5) is 5.69 Å². The number of hydrogen-bond acceptors (Lipinski definition) is 2. The molecule has 0 saturated carbocycles. The monoisotopic (exact) mass is 192 g/mol. The van der Waals surface area contributed by atoms with E-state index in [1.807, 2.05) is 45.0 Å². The molecule has 0 N–H and O–H groups in total. The quantitative estimate of drug-likeness (QED) is 0.541. The molecule has 0 fully saturated rings. The van der Waals surface area contributed by atoms with Gasteiger partial charge in [-0.1, -0.05) is 24.6 Å². The Morgan fingerprint density at radius 1 is 1.36 bits per heavy atom. The highest BCUT2D eigenvalue weighted by atomic mass is 16.3. The van der Waals surface area contributed by atoms with E-state index >= 15 is 0 Å². The molecule has 0 bridgehead atoms. The van der Waals surface area contributed by atoms with Crippen molar-refractivity contribution in [1.82, 2.24) is 0 Å². The standard InChI is InChI=1S/C11H16N2O/c1-4-10(3)13(12-14)11-7-5-9(2)6-8-11/h5-8,10H,4H2,1-3H3. The zero-order valence-corrected chi connectivity index (χ0v) is 8.90. The topological polar surface area (TPSA) is 32.7 Å². The maximum Gasteiger partial charge on any atom is 0.0629 e. The molecule has 76 valence electrons. The molecule has 1 aromatic carbocycles. The first kappa shape index (κ1) is 10.7. The second-order valence-corrected chi connectivity index (χ2v) is 3.52. The maximum atomic E-state index is 10.7. The van der Waals surface area contributed by atoms with Crippen LogP contribution in [0.2, 0.25) is 0 Å². The first-order chi connectivity index (χ1) is 6.69. The summed E-state index contributed by atoms with van der Waals surface area (Å²) in [7, 11) is 0. The third-order valence-electron chi connectivity index (χ3n) is 2.39. The van der Waals surface area contributed by atoms with Gasteiger partial charge in [0.2, 0.25) is 0 Å². The van der Waals surface area contributed by atoms with Crippen LogP contribution in [0.25, 0.3) is 0 Å². The van der Waals surface area contributed by atoms with Crippen LogP contribution in [0.15, 0.2) is 29.6 Å². The third-order valence-corrected chi connectivity index (χ3v) is 2.39. The number of hydrogen-bond donors (Lipinski definition) is 0. The van der Waals surface area contributed by atoms with E-state index < -0.39 is 0 Å². The van der Waals surface area contributed by atoms with E-state index in [2.05, 4.69) is 5.29 Å². The van der Waals surface area contributed by atoms with Gasteiger partial charge in [-0.05, 0) is 32.4 Å². The van der Waals surface area contributed by atoms with E-state index in [-0.39, 0.29) is 6.04 Å². The molecule has 0 saturated heterocycles. The van der Waals surface area contributed by atoms with E-state index in [0.29, 0.717) is 0 Å². The van der Waals surface area contributed by atoms with Crippen molar-refractivity contribution >= 4 is 5.69 Å². The second kappa shape index (κ2) is 4.74. The van der Waals surface area contributed by atoms with E-state index in [4.69, 9.17) is 0 Å². The van der Waals surface area contributed by atoms with Crippen molar-refractivity contribution in [3.8, 4) is 0 Å². The van der Waals surface area contributed by atoms with E-state index in [0.717, 1.165) is 12.1 Å². The Labute approximate surface area is 84.7 Å². The third kappa shape index (κ3) is 2.31. The van der Waals surface area contributed by atoms with Gasteiger partial charge in [-0.3, -0.25) is 0 Å². The number of nitrogens with zero attached hydrogens (tertiary/aromatic N) is 2. The molecule has 0 radical (unpaired) electrons. The van der Waals surface area contributed by atoms with Crippen LogP contribution in [-0.2, 0) is 0 Å². The number of aryl methyl sites for hydroxylation is 1. The van der Waals surface area contributed by atoms with Crippen molar-refractivity contribution in [3.63, 3.8) is 0 Å². The largest absolute Gasteiger partial charge is 0.227 e. The second-order valence-electron chi connectivity index (χ2n) is 3.52. The van der Waals surface area contributed by atoms with Gasteiger partial charge in [0.05, 0.1) is 17.0 Å². The minimum Gasteiger partial charge on any atom is -0.227 e. The summed E-state index contributed by atoms with van der Waals surface area (Å²) < 4.78 is 0. The number of anilines is 1. The minimum atomic E-state index is 0.148. The predicted octanol–water partition coefficient (Wildman–Crippen LogP) is 3.28. The molecule has 14 heavy (non-hydrogen) atoms. The summed E-state index contributed by atoms with van der Waals surface area (Å²) in [4.78, 5) is 10.7. The molecule has 0 aliphatic rings. The average molecular weight is 192 g/mol. The van der Waals surface area contributed by atoms with Crippen LogP contribution in [-0.4, -0.2) is 6.04 Å². The van der Waals surface area contributed by atoms with Crippen molar-refractivity contribution in [3.05, 3.63) is 34.7 Å². The molecule has 3 heteroatoms. The van der Waals surface area contributed by atoms with Gasteiger partial charge in [-0.2, -0.15) is 0 Å². The van der Waals surface area contributed by atoms with Gasteiger partial charge >= 0.3 is 0 Å². The summed E-state index contributed by atoms with van der Waals surface area (Å²) in [5, 5.41) is 4.56. The molecule has 1 rings (SSSR count). The molecular weight excluding hydrogens is 176 g/mol. The van der Waals surface area contributed by atoms with E-state index in [9.17, 15) is 4.91 Å². The van der Waals surface area contributed by atoms with Gasteiger partial charge < -0.3 is 0 Å². The van der Waals surface area contributed by atoms with Crippen LogP contribution in [0, 0.1) is 11.8 Å². The fourth-order valence-electron chi connectivity index (χ4n) is 1.25. The molecule has 0 spiro atoms. The van der Waals surface area contributed by atoms with Crippen molar-refractivity contribution in [2.45, 2.75) is 33.2 Å². The molecule has 0 aromatic heterocycles. The van der Waals surface area contributed by atoms with Gasteiger partial charge in [-0.25, -0.2) is 5.01 Å². The highest BCUT2D eigenvalue weighted by Crippen LogP contribution is 2.19. The Kier molecular flexibility index (Phi) is 3.63. The zero-order chi connectivity index (χ0) is 10.6. The summed E-state index contributed by atoms with van der Waals surface area (Å²) in [6.07, 6.45) is 0.902. The molecule has 1 atom stereocenters. The van der Waals surface area contributed by atoms with Crippen molar-refractivity contribution < 1.29 is 0 Å². The first-order valence-electron chi connectivity index (χ1n) is 4.88. The van der Waals surface area contributed by atoms with Gasteiger partial charge in [0.15, 0.2) is 0 Å². The van der Waals surface area contributed by atoms with Crippen LogP contribution in [0.1, 0.15) is 25.8 Å². The predicted molar refractivity (Wildman–Crippen MR) is 59.2 cm³/mol. The summed E-state index contributed by atoms with van der Waals surface area (Å²) in [6.45, 7) is 6.05. The van der Waals surface area contributed by atoms with E-state index in [1.54, 1.807) is 0 Å². The normalized spacial score (nSPS) is 12.2.